The molecule has 25 heavy (non-hydrogen) atoms. The third kappa shape index (κ3) is 2.86. The van der Waals surface area contributed by atoms with E-state index in [9.17, 15) is 9.59 Å². The molecule has 124 valence electrons. The predicted octanol–water partition coefficient (Wildman–Crippen LogP) is 0.824. The van der Waals surface area contributed by atoms with Gasteiger partial charge in [-0.15, -0.1) is 10.8 Å². The van der Waals surface area contributed by atoms with E-state index in [1.165, 1.54) is 9.13 Å². The molecule has 8 heteroatoms. The molecule has 0 aromatic carbocycles. The molecule has 0 atom stereocenters. The first kappa shape index (κ1) is 15.0. The summed E-state index contributed by atoms with van der Waals surface area (Å²) < 4.78 is 4.29. The molecule has 0 radical (unpaired) electrons. The van der Waals surface area contributed by atoms with Crippen molar-refractivity contribution in [1.82, 2.24) is 29.1 Å². The van der Waals surface area contributed by atoms with Crippen molar-refractivity contribution in [3.63, 3.8) is 0 Å². The number of hydrogen-bond donors (Lipinski definition) is 0. The molecule has 0 saturated carbocycles. The average molecular weight is 334 g/mol. The Morgan fingerprint density at radius 2 is 2.04 bits per heavy atom. The topological polar surface area (TPSA) is 87.6 Å². The summed E-state index contributed by atoms with van der Waals surface area (Å²) in [5.74, 6) is 0.629. The SMILES string of the molecule is O=c1c(=O)n(C2=C=CCC2)ccn1Cc1ccc(-n2ccnn2)nc1. The van der Waals surface area contributed by atoms with E-state index in [1.807, 2.05) is 12.1 Å². The van der Waals surface area contributed by atoms with E-state index in [0.29, 0.717) is 5.82 Å². The zero-order valence-electron chi connectivity index (χ0n) is 13.2. The summed E-state index contributed by atoms with van der Waals surface area (Å²) in [6.45, 7) is 0.272. The molecule has 4 rings (SSSR count). The van der Waals surface area contributed by atoms with Crippen LogP contribution in [0.1, 0.15) is 18.4 Å². The van der Waals surface area contributed by atoms with Crippen LogP contribution >= 0.6 is 0 Å². The van der Waals surface area contributed by atoms with Gasteiger partial charge in [0, 0.05) is 18.6 Å². The Kier molecular flexibility index (Phi) is 3.72. The van der Waals surface area contributed by atoms with Crippen LogP contribution in [0.3, 0.4) is 0 Å². The number of aromatic nitrogens is 6. The van der Waals surface area contributed by atoms with Crippen LogP contribution in [-0.4, -0.2) is 29.1 Å². The van der Waals surface area contributed by atoms with Crippen LogP contribution in [0.5, 0.6) is 0 Å². The molecule has 3 aromatic heterocycles. The van der Waals surface area contributed by atoms with E-state index < -0.39 is 11.1 Å². The maximum atomic E-state index is 12.3. The summed E-state index contributed by atoms with van der Waals surface area (Å²) in [4.78, 5) is 28.9. The van der Waals surface area contributed by atoms with Gasteiger partial charge in [0.2, 0.25) is 0 Å². The number of rotatable bonds is 4. The largest absolute Gasteiger partial charge is 0.321 e. The molecule has 0 amide bonds. The van der Waals surface area contributed by atoms with E-state index in [4.69, 9.17) is 0 Å². The van der Waals surface area contributed by atoms with Crippen LogP contribution in [0.25, 0.3) is 11.5 Å². The average Bonchev–Trinajstić information content (AvgIpc) is 3.33. The molecule has 0 bridgehead atoms. The van der Waals surface area contributed by atoms with Crippen molar-refractivity contribution in [3.05, 3.63) is 81.2 Å². The summed E-state index contributed by atoms with van der Waals surface area (Å²) >= 11 is 0. The van der Waals surface area contributed by atoms with Gasteiger partial charge in [-0.2, -0.15) is 0 Å². The van der Waals surface area contributed by atoms with E-state index in [2.05, 4.69) is 21.0 Å². The minimum atomic E-state index is -0.566. The van der Waals surface area contributed by atoms with Crippen molar-refractivity contribution in [2.75, 3.05) is 0 Å². The lowest BCUT2D eigenvalue weighted by atomic mass is 10.2. The van der Waals surface area contributed by atoms with Gasteiger partial charge in [0.15, 0.2) is 5.82 Å². The van der Waals surface area contributed by atoms with Gasteiger partial charge in [-0.05, 0) is 30.5 Å². The third-order valence-corrected chi connectivity index (χ3v) is 3.96. The fourth-order valence-corrected chi connectivity index (χ4v) is 2.68. The monoisotopic (exact) mass is 334 g/mol. The van der Waals surface area contributed by atoms with Crippen LogP contribution < -0.4 is 11.1 Å². The first-order chi connectivity index (χ1) is 12.2. The molecular weight excluding hydrogens is 320 g/mol. The lowest BCUT2D eigenvalue weighted by Gasteiger charge is -2.09. The van der Waals surface area contributed by atoms with Crippen molar-refractivity contribution in [2.45, 2.75) is 19.4 Å². The van der Waals surface area contributed by atoms with Crippen LogP contribution in [0.4, 0.5) is 0 Å². The lowest BCUT2D eigenvalue weighted by Crippen LogP contribution is -2.40. The van der Waals surface area contributed by atoms with Crippen LogP contribution in [0, 0.1) is 0 Å². The highest BCUT2D eigenvalue weighted by molar-refractivity contribution is 5.47. The highest BCUT2D eigenvalue weighted by atomic mass is 16.2. The van der Waals surface area contributed by atoms with Crippen LogP contribution in [0.15, 0.2) is 64.5 Å². The maximum absolute atomic E-state index is 12.3. The van der Waals surface area contributed by atoms with E-state index >= 15 is 0 Å². The summed E-state index contributed by atoms with van der Waals surface area (Å²) in [5.41, 5.74) is 3.42. The molecule has 3 heterocycles. The van der Waals surface area contributed by atoms with Gasteiger partial charge in [-0.3, -0.25) is 14.2 Å². The molecule has 0 spiro atoms. The molecule has 1 aliphatic rings. The molecule has 0 N–H and O–H groups in total. The second-order valence-corrected chi connectivity index (χ2v) is 5.61. The molecule has 3 aromatic rings. The van der Waals surface area contributed by atoms with Crippen LogP contribution in [-0.2, 0) is 6.54 Å². The van der Waals surface area contributed by atoms with Crippen molar-refractivity contribution < 1.29 is 0 Å². The summed E-state index contributed by atoms with van der Waals surface area (Å²) in [6.07, 6.45) is 11.6. The minimum Gasteiger partial charge on any atom is -0.305 e. The van der Waals surface area contributed by atoms with Gasteiger partial charge in [-0.1, -0.05) is 11.3 Å². The van der Waals surface area contributed by atoms with E-state index in [0.717, 1.165) is 24.1 Å². The Balaban J connectivity index is 1.61. The lowest BCUT2D eigenvalue weighted by molar-refractivity contribution is 0.713. The fourth-order valence-electron chi connectivity index (χ4n) is 2.68. The number of hydrogen-bond acceptors (Lipinski definition) is 5. The Bertz CT molecular complexity index is 1080. The van der Waals surface area contributed by atoms with E-state index in [1.54, 1.807) is 41.7 Å². The maximum Gasteiger partial charge on any atom is 0.321 e. The van der Waals surface area contributed by atoms with Gasteiger partial charge in [-0.25, -0.2) is 9.67 Å². The number of pyridine rings is 1. The van der Waals surface area contributed by atoms with Crippen molar-refractivity contribution in [1.29, 1.82) is 0 Å². The molecule has 0 unspecified atom stereocenters. The first-order valence-electron chi connectivity index (χ1n) is 7.80. The number of allylic oxidation sites excluding steroid dienone is 1. The molecule has 8 nitrogen and oxygen atoms in total. The van der Waals surface area contributed by atoms with Crippen molar-refractivity contribution >= 4 is 5.70 Å². The normalized spacial score (nSPS) is 13.2. The van der Waals surface area contributed by atoms with Crippen molar-refractivity contribution in [2.24, 2.45) is 0 Å². The summed E-state index contributed by atoms with van der Waals surface area (Å²) in [7, 11) is 0. The number of nitrogens with zero attached hydrogens (tertiary/aromatic N) is 6. The van der Waals surface area contributed by atoms with Crippen molar-refractivity contribution in [3.8, 4) is 5.82 Å². The Hall–Kier alpha value is -3.51. The highest BCUT2D eigenvalue weighted by Gasteiger charge is 2.10. The zero-order chi connectivity index (χ0) is 17.2. The van der Waals surface area contributed by atoms with E-state index in [-0.39, 0.29) is 6.54 Å². The van der Waals surface area contributed by atoms with Gasteiger partial charge in [0.25, 0.3) is 0 Å². The first-order valence-corrected chi connectivity index (χ1v) is 7.80. The third-order valence-electron chi connectivity index (χ3n) is 3.96. The Labute approximate surface area is 142 Å². The molecule has 0 aliphatic heterocycles. The Morgan fingerprint density at radius 3 is 2.72 bits per heavy atom. The Morgan fingerprint density at radius 1 is 1.12 bits per heavy atom. The zero-order valence-corrected chi connectivity index (χ0v) is 13.2. The second kappa shape index (κ2) is 6.18. The molecular formula is C17H14N6O2. The standard InChI is InChI=1S/C17H14N6O2/c24-16-17(25)22(14-3-1-2-4-14)10-9-21(16)12-13-5-6-15(18-11-13)23-8-7-19-20-23/h1,5-11H,2,4,12H2. The van der Waals surface area contributed by atoms with Gasteiger partial charge < -0.3 is 4.57 Å². The summed E-state index contributed by atoms with van der Waals surface area (Å²) in [5, 5.41) is 7.60. The van der Waals surface area contributed by atoms with Gasteiger partial charge >= 0.3 is 11.1 Å². The van der Waals surface area contributed by atoms with Gasteiger partial charge in [0.05, 0.1) is 24.6 Å². The van der Waals surface area contributed by atoms with Crippen LogP contribution in [0.2, 0.25) is 0 Å². The second-order valence-electron chi connectivity index (χ2n) is 5.61. The minimum absolute atomic E-state index is 0.272. The molecule has 1 aliphatic carbocycles. The highest BCUT2D eigenvalue weighted by Crippen LogP contribution is 2.13. The summed E-state index contributed by atoms with van der Waals surface area (Å²) in [6, 6.07) is 3.62. The smallest absolute Gasteiger partial charge is 0.305 e. The quantitative estimate of drug-likeness (QED) is 0.521. The molecule has 0 saturated heterocycles. The molecule has 0 fully saturated rings. The fraction of sp³-hybridized carbons (Fsp3) is 0.176. The predicted molar refractivity (Wildman–Crippen MR) is 90.2 cm³/mol. The van der Waals surface area contributed by atoms with Gasteiger partial charge in [0.1, 0.15) is 0 Å².